The van der Waals surface area contributed by atoms with E-state index in [-0.39, 0.29) is 6.10 Å². The Morgan fingerprint density at radius 3 is 2.23 bits per heavy atom. The monoisotopic (exact) mass is 599 g/mol. The van der Waals surface area contributed by atoms with Crippen LogP contribution in [0.5, 0.6) is 11.5 Å². The molecule has 1 aromatic heterocycles. The van der Waals surface area contributed by atoms with E-state index in [0.29, 0.717) is 0 Å². The Bertz CT molecular complexity index is 1340. The zero-order valence-electron chi connectivity index (χ0n) is 24.1. The summed E-state index contributed by atoms with van der Waals surface area (Å²) in [5.41, 5.74) is 1.83. The molecule has 1 aliphatic rings. The summed E-state index contributed by atoms with van der Waals surface area (Å²) in [5.74, 6) is -3.52. The van der Waals surface area contributed by atoms with Crippen molar-refractivity contribution in [1.29, 1.82) is 0 Å². The van der Waals surface area contributed by atoms with Gasteiger partial charge in [-0.1, -0.05) is 36.4 Å². The van der Waals surface area contributed by atoms with Crippen LogP contribution in [0.15, 0.2) is 54.7 Å². The first-order valence-corrected chi connectivity index (χ1v) is 13.6. The average Bonchev–Trinajstić information content (AvgIpc) is 3.65. The number of methoxy groups -OCH3 is 2. The van der Waals surface area contributed by atoms with Gasteiger partial charge in [0.25, 0.3) is 0 Å². The molecule has 232 valence electrons. The number of carboxylic acid groups (broad SMARTS) is 3. The quantitative estimate of drug-likeness (QED) is 0.182. The van der Waals surface area contributed by atoms with Crippen molar-refractivity contribution in [2.24, 2.45) is 0 Å². The number of carboxylic acids is 3. The predicted molar refractivity (Wildman–Crippen MR) is 154 cm³/mol. The standard InChI is InChI=1S/C24H29N3O3.C6H8O7/c1-28-22-11-10-18(13-23(22)29-2)15-27(17-21-9-6-12-30-21)16-20-14-25-26-24(20)19-7-4-3-5-8-19;7-3(8)1-6(13,5(11)12)2-4(9)10/h3-5,7-8,10-11,13-14,21H,6,9,12,15-17H2,1-2H3,(H,25,26);13H,1-2H2,(H,7,8)(H,9,10)(H,11,12). The van der Waals surface area contributed by atoms with Gasteiger partial charge in [-0.3, -0.25) is 19.6 Å². The van der Waals surface area contributed by atoms with Gasteiger partial charge in [0.2, 0.25) is 0 Å². The van der Waals surface area contributed by atoms with Gasteiger partial charge < -0.3 is 34.6 Å². The van der Waals surface area contributed by atoms with Crippen LogP contribution in [-0.4, -0.2) is 92.5 Å². The first kappa shape index (κ1) is 33.0. The lowest BCUT2D eigenvalue weighted by atomic mass is 9.96. The SMILES string of the molecule is COc1ccc(CN(Cc2cn[nH]c2-c2ccccc2)CC2CCCO2)cc1OC.O=C(O)CC(O)(CC(=O)O)C(=O)O. The zero-order valence-corrected chi connectivity index (χ0v) is 24.1. The summed E-state index contributed by atoms with van der Waals surface area (Å²) in [5, 5.41) is 41.3. The van der Waals surface area contributed by atoms with E-state index in [1.54, 1.807) is 14.2 Å². The van der Waals surface area contributed by atoms with Crippen molar-refractivity contribution < 1.29 is 49.0 Å². The lowest BCUT2D eigenvalue weighted by Gasteiger charge is -2.25. The Kier molecular flexibility index (Phi) is 12.0. The second kappa shape index (κ2) is 15.7. The highest BCUT2D eigenvalue weighted by Crippen LogP contribution is 2.29. The number of ether oxygens (including phenoxy) is 3. The number of H-pyrrole nitrogens is 1. The van der Waals surface area contributed by atoms with Gasteiger partial charge in [0.1, 0.15) is 0 Å². The third kappa shape index (κ3) is 9.81. The summed E-state index contributed by atoms with van der Waals surface area (Å²) in [6.45, 7) is 3.32. The van der Waals surface area contributed by atoms with Crippen LogP contribution >= 0.6 is 0 Å². The molecule has 2 heterocycles. The number of aliphatic hydroxyl groups is 1. The molecule has 3 aromatic rings. The van der Waals surface area contributed by atoms with Crippen molar-refractivity contribution in [3.05, 3.63) is 65.9 Å². The van der Waals surface area contributed by atoms with E-state index < -0.39 is 36.4 Å². The number of rotatable bonds is 14. The molecule has 1 atom stereocenters. The van der Waals surface area contributed by atoms with Crippen LogP contribution in [0, 0.1) is 0 Å². The molecule has 13 nitrogen and oxygen atoms in total. The Morgan fingerprint density at radius 2 is 1.67 bits per heavy atom. The van der Waals surface area contributed by atoms with Crippen molar-refractivity contribution in [1.82, 2.24) is 15.1 Å². The van der Waals surface area contributed by atoms with E-state index in [1.807, 2.05) is 30.5 Å². The summed E-state index contributed by atoms with van der Waals surface area (Å²) in [7, 11) is 3.33. The molecule has 0 saturated carbocycles. The number of hydrogen-bond acceptors (Lipinski definition) is 9. The Hall–Kier alpha value is -4.46. The normalized spacial score (nSPS) is 14.6. The van der Waals surface area contributed by atoms with Crippen LogP contribution in [0.1, 0.15) is 36.8 Å². The second-order valence-corrected chi connectivity index (χ2v) is 10.1. The van der Waals surface area contributed by atoms with Crippen LogP contribution in [-0.2, 0) is 32.2 Å². The van der Waals surface area contributed by atoms with Crippen LogP contribution in [0.3, 0.4) is 0 Å². The summed E-state index contributed by atoms with van der Waals surface area (Å²) in [6, 6.07) is 16.4. The van der Waals surface area contributed by atoms with E-state index in [1.165, 1.54) is 11.1 Å². The van der Waals surface area contributed by atoms with Gasteiger partial charge in [-0.2, -0.15) is 5.10 Å². The molecule has 0 spiro atoms. The van der Waals surface area contributed by atoms with Gasteiger partial charge >= 0.3 is 17.9 Å². The van der Waals surface area contributed by atoms with Crippen molar-refractivity contribution in [3.8, 4) is 22.8 Å². The molecule has 1 aliphatic heterocycles. The van der Waals surface area contributed by atoms with Crippen LogP contribution in [0.4, 0.5) is 0 Å². The van der Waals surface area contributed by atoms with Crippen LogP contribution in [0.25, 0.3) is 11.3 Å². The molecule has 5 N–H and O–H groups in total. The lowest BCUT2D eigenvalue weighted by molar-refractivity contribution is -0.170. The zero-order chi connectivity index (χ0) is 31.4. The number of hydrogen-bond donors (Lipinski definition) is 5. The first-order chi connectivity index (χ1) is 20.5. The average molecular weight is 600 g/mol. The van der Waals surface area contributed by atoms with Crippen molar-refractivity contribution in [2.75, 3.05) is 27.4 Å². The second-order valence-electron chi connectivity index (χ2n) is 10.1. The van der Waals surface area contributed by atoms with Crippen molar-refractivity contribution >= 4 is 17.9 Å². The fourth-order valence-corrected chi connectivity index (χ4v) is 4.74. The molecule has 0 bridgehead atoms. The summed E-state index contributed by atoms with van der Waals surface area (Å²) < 4.78 is 16.8. The Balaban J connectivity index is 0.000000331. The Labute approximate surface area is 248 Å². The largest absolute Gasteiger partial charge is 0.493 e. The molecular weight excluding hydrogens is 562 g/mol. The number of nitrogens with zero attached hydrogens (tertiary/aromatic N) is 2. The summed E-state index contributed by atoms with van der Waals surface area (Å²) >= 11 is 0. The summed E-state index contributed by atoms with van der Waals surface area (Å²) in [4.78, 5) is 32.9. The van der Waals surface area contributed by atoms with Gasteiger partial charge in [0.05, 0.1) is 45.1 Å². The number of aliphatic carboxylic acids is 3. The fourth-order valence-electron chi connectivity index (χ4n) is 4.74. The molecule has 2 aromatic carbocycles. The number of aromatic amines is 1. The maximum atomic E-state index is 10.3. The van der Waals surface area contributed by atoms with Gasteiger partial charge in [-0.25, -0.2) is 4.79 Å². The summed E-state index contributed by atoms with van der Waals surface area (Å²) in [6.07, 6.45) is 2.16. The minimum Gasteiger partial charge on any atom is -0.493 e. The van der Waals surface area contributed by atoms with E-state index >= 15 is 0 Å². The molecule has 0 radical (unpaired) electrons. The highest BCUT2D eigenvalue weighted by molar-refractivity contribution is 5.88. The molecule has 1 saturated heterocycles. The predicted octanol–water partition coefficient (Wildman–Crippen LogP) is 3.03. The number of nitrogens with one attached hydrogen (secondary N) is 1. The molecule has 1 fully saturated rings. The van der Waals surface area contributed by atoms with E-state index in [0.717, 1.165) is 61.8 Å². The lowest BCUT2D eigenvalue weighted by Crippen LogP contribution is -2.42. The highest BCUT2D eigenvalue weighted by atomic mass is 16.5. The minimum atomic E-state index is -2.74. The number of benzene rings is 2. The fraction of sp³-hybridized carbons (Fsp3) is 0.400. The number of aromatic nitrogens is 2. The molecule has 43 heavy (non-hydrogen) atoms. The highest BCUT2D eigenvalue weighted by Gasteiger charge is 2.40. The molecular formula is C30H37N3O10. The van der Waals surface area contributed by atoms with E-state index in [2.05, 4.69) is 39.4 Å². The third-order valence-electron chi connectivity index (χ3n) is 6.80. The molecule has 0 amide bonds. The molecule has 13 heteroatoms. The molecule has 4 rings (SSSR count). The van der Waals surface area contributed by atoms with Crippen molar-refractivity contribution in [2.45, 2.75) is 50.5 Å². The van der Waals surface area contributed by atoms with Crippen molar-refractivity contribution in [3.63, 3.8) is 0 Å². The van der Waals surface area contributed by atoms with Crippen LogP contribution < -0.4 is 9.47 Å². The Morgan fingerprint density at radius 1 is 1.00 bits per heavy atom. The van der Waals surface area contributed by atoms with Gasteiger partial charge in [0, 0.05) is 31.8 Å². The topological polar surface area (TPSA) is 192 Å². The smallest absolute Gasteiger partial charge is 0.336 e. The maximum absolute atomic E-state index is 10.3. The minimum absolute atomic E-state index is 0.275. The van der Waals surface area contributed by atoms with E-state index in [9.17, 15) is 14.4 Å². The maximum Gasteiger partial charge on any atom is 0.336 e. The van der Waals surface area contributed by atoms with Crippen LogP contribution in [0.2, 0.25) is 0 Å². The third-order valence-corrected chi connectivity index (χ3v) is 6.80. The molecule has 0 aliphatic carbocycles. The van der Waals surface area contributed by atoms with E-state index in [4.69, 9.17) is 34.6 Å². The van der Waals surface area contributed by atoms with Gasteiger partial charge in [-0.05, 0) is 36.1 Å². The number of carbonyl (C=O) groups is 3. The first-order valence-electron chi connectivity index (χ1n) is 13.6. The van der Waals surface area contributed by atoms with Gasteiger partial charge in [0.15, 0.2) is 17.1 Å². The molecule has 1 unspecified atom stereocenters. The van der Waals surface area contributed by atoms with Gasteiger partial charge in [-0.15, -0.1) is 0 Å².